The van der Waals surface area contributed by atoms with Gasteiger partial charge in [0.25, 0.3) is 0 Å². The van der Waals surface area contributed by atoms with Crippen LogP contribution >= 0.6 is 0 Å². The zero-order chi connectivity index (χ0) is 7.78. The third kappa shape index (κ3) is 0.904. The number of carboxylic acid groups (broad SMARTS) is 1. The lowest BCUT2D eigenvalue weighted by atomic mass is 9.81. The highest BCUT2D eigenvalue weighted by Gasteiger charge is 2.42. The maximum atomic E-state index is 10.7. The first kappa shape index (κ1) is 7.54. The zero-order valence-corrected chi connectivity index (χ0v) is 6.35. The number of carbonyl (C=O) groups is 1. The van der Waals surface area contributed by atoms with Gasteiger partial charge in [-0.05, 0) is 19.4 Å². The van der Waals surface area contributed by atoms with Crippen LogP contribution in [0.1, 0.15) is 13.8 Å². The van der Waals surface area contributed by atoms with E-state index in [0.29, 0.717) is 6.54 Å². The Morgan fingerprint density at radius 1 is 1.80 bits per heavy atom. The molecule has 1 heterocycles. The monoisotopic (exact) mass is 143 g/mol. The molecular formula is C7H13NO2. The van der Waals surface area contributed by atoms with Crippen LogP contribution in [0, 0.1) is 11.3 Å². The van der Waals surface area contributed by atoms with Gasteiger partial charge >= 0.3 is 5.97 Å². The Morgan fingerprint density at radius 2 is 2.40 bits per heavy atom. The van der Waals surface area contributed by atoms with E-state index in [4.69, 9.17) is 5.11 Å². The lowest BCUT2D eigenvalue weighted by molar-refractivity contribution is -0.148. The van der Waals surface area contributed by atoms with Gasteiger partial charge in [-0.1, -0.05) is 6.92 Å². The molecule has 3 nitrogen and oxygen atoms in total. The van der Waals surface area contributed by atoms with Crippen molar-refractivity contribution in [2.75, 3.05) is 13.1 Å². The predicted molar refractivity (Wildman–Crippen MR) is 37.8 cm³/mol. The molecular weight excluding hydrogens is 130 g/mol. The van der Waals surface area contributed by atoms with Crippen LogP contribution in [0.15, 0.2) is 0 Å². The molecule has 1 fully saturated rings. The molecule has 0 radical (unpaired) electrons. The molecule has 0 aromatic heterocycles. The van der Waals surface area contributed by atoms with E-state index in [1.54, 1.807) is 6.92 Å². The van der Waals surface area contributed by atoms with Crippen molar-refractivity contribution in [1.82, 2.24) is 5.32 Å². The molecule has 0 spiro atoms. The van der Waals surface area contributed by atoms with E-state index in [0.717, 1.165) is 6.54 Å². The summed E-state index contributed by atoms with van der Waals surface area (Å²) in [5.74, 6) is -0.449. The van der Waals surface area contributed by atoms with Gasteiger partial charge in [-0.15, -0.1) is 0 Å². The number of carboxylic acids is 1. The average molecular weight is 143 g/mol. The molecule has 58 valence electrons. The summed E-state index contributed by atoms with van der Waals surface area (Å²) >= 11 is 0. The smallest absolute Gasteiger partial charge is 0.310 e. The molecule has 0 aromatic rings. The Hall–Kier alpha value is -0.570. The van der Waals surface area contributed by atoms with Crippen LogP contribution < -0.4 is 5.32 Å². The Bertz CT molecular complexity index is 158. The van der Waals surface area contributed by atoms with Crippen molar-refractivity contribution in [3.63, 3.8) is 0 Å². The first-order valence-corrected chi connectivity index (χ1v) is 3.51. The van der Waals surface area contributed by atoms with Crippen LogP contribution in [-0.4, -0.2) is 24.2 Å². The number of aliphatic carboxylic acids is 1. The average Bonchev–Trinajstić information content (AvgIpc) is 2.15. The van der Waals surface area contributed by atoms with Gasteiger partial charge in [0, 0.05) is 6.54 Å². The van der Waals surface area contributed by atoms with Crippen LogP contribution in [0.4, 0.5) is 0 Å². The van der Waals surface area contributed by atoms with Crippen LogP contribution in [0.3, 0.4) is 0 Å². The molecule has 0 saturated carbocycles. The standard InChI is InChI=1S/C7H13NO2/c1-5-3-8-4-7(5,2)6(9)10/h5,8H,3-4H2,1-2H3,(H,9,10). The Labute approximate surface area is 60.4 Å². The van der Waals surface area contributed by atoms with Crippen LogP contribution in [-0.2, 0) is 4.79 Å². The van der Waals surface area contributed by atoms with Gasteiger partial charge in [0.1, 0.15) is 0 Å². The first-order valence-electron chi connectivity index (χ1n) is 3.51. The van der Waals surface area contributed by atoms with E-state index >= 15 is 0 Å². The normalized spacial score (nSPS) is 40.0. The minimum absolute atomic E-state index is 0.241. The second-order valence-corrected chi connectivity index (χ2v) is 3.25. The van der Waals surface area contributed by atoms with Crippen molar-refractivity contribution in [2.45, 2.75) is 13.8 Å². The van der Waals surface area contributed by atoms with E-state index in [1.807, 2.05) is 6.92 Å². The van der Waals surface area contributed by atoms with Crippen molar-refractivity contribution in [2.24, 2.45) is 11.3 Å². The molecule has 2 atom stereocenters. The van der Waals surface area contributed by atoms with E-state index in [9.17, 15) is 4.79 Å². The Kier molecular flexibility index (Phi) is 1.68. The second-order valence-electron chi connectivity index (χ2n) is 3.25. The summed E-state index contributed by atoms with van der Waals surface area (Å²) in [6, 6.07) is 0. The van der Waals surface area contributed by atoms with Crippen molar-refractivity contribution in [3.05, 3.63) is 0 Å². The SMILES string of the molecule is CC1CNCC1(C)C(=O)O. The highest BCUT2D eigenvalue weighted by Crippen LogP contribution is 2.30. The van der Waals surface area contributed by atoms with Crippen LogP contribution in [0.25, 0.3) is 0 Å². The Morgan fingerprint density at radius 3 is 2.60 bits per heavy atom. The van der Waals surface area contributed by atoms with E-state index < -0.39 is 11.4 Å². The van der Waals surface area contributed by atoms with Gasteiger partial charge in [-0.3, -0.25) is 4.79 Å². The molecule has 1 rings (SSSR count). The molecule has 1 aliphatic heterocycles. The summed E-state index contributed by atoms with van der Waals surface area (Å²) in [7, 11) is 0. The number of nitrogens with one attached hydrogen (secondary N) is 1. The van der Waals surface area contributed by atoms with E-state index in [1.165, 1.54) is 0 Å². The number of rotatable bonds is 1. The highest BCUT2D eigenvalue weighted by atomic mass is 16.4. The zero-order valence-electron chi connectivity index (χ0n) is 6.35. The third-order valence-corrected chi connectivity index (χ3v) is 2.52. The summed E-state index contributed by atoms with van der Waals surface area (Å²) in [6.07, 6.45) is 0. The summed E-state index contributed by atoms with van der Waals surface area (Å²) in [5.41, 5.74) is -0.542. The fourth-order valence-corrected chi connectivity index (χ4v) is 1.23. The molecule has 1 aliphatic rings. The fraction of sp³-hybridized carbons (Fsp3) is 0.857. The third-order valence-electron chi connectivity index (χ3n) is 2.52. The van der Waals surface area contributed by atoms with Crippen LogP contribution in [0.5, 0.6) is 0 Å². The van der Waals surface area contributed by atoms with E-state index in [-0.39, 0.29) is 5.92 Å². The van der Waals surface area contributed by atoms with Crippen LogP contribution in [0.2, 0.25) is 0 Å². The largest absolute Gasteiger partial charge is 0.481 e. The number of hydrogen-bond donors (Lipinski definition) is 2. The molecule has 0 amide bonds. The highest BCUT2D eigenvalue weighted by molar-refractivity contribution is 5.75. The number of hydrogen-bond acceptors (Lipinski definition) is 2. The van der Waals surface area contributed by atoms with Gasteiger partial charge in [0.15, 0.2) is 0 Å². The molecule has 0 bridgehead atoms. The Balaban J connectivity index is 2.75. The van der Waals surface area contributed by atoms with Crippen molar-refractivity contribution < 1.29 is 9.90 Å². The molecule has 0 aromatic carbocycles. The van der Waals surface area contributed by atoms with Crippen molar-refractivity contribution >= 4 is 5.97 Å². The molecule has 2 N–H and O–H groups in total. The summed E-state index contributed by atoms with van der Waals surface area (Å²) < 4.78 is 0. The minimum Gasteiger partial charge on any atom is -0.481 e. The molecule has 0 aliphatic carbocycles. The maximum Gasteiger partial charge on any atom is 0.310 e. The fourth-order valence-electron chi connectivity index (χ4n) is 1.23. The summed E-state index contributed by atoms with van der Waals surface area (Å²) in [4.78, 5) is 10.7. The van der Waals surface area contributed by atoms with Gasteiger partial charge in [-0.2, -0.15) is 0 Å². The molecule has 10 heavy (non-hydrogen) atoms. The van der Waals surface area contributed by atoms with Gasteiger partial charge in [0.05, 0.1) is 5.41 Å². The lowest BCUT2D eigenvalue weighted by Gasteiger charge is -2.21. The molecule has 3 heteroatoms. The van der Waals surface area contributed by atoms with Crippen molar-refractivity contribution in [1.29, 1.82) is 0 Å². The predicted octanol–water partition coefficient (Wildman–Crippen LogP) is 0.317. The second kappa shape index (κ2) is 2.23. The minimum atomic E-state index is -0.690. The molecule has 1 saturated heterocycles. The lowest BCUT2D eigenvalue weighted by Crippen LogP contribution is -2.34. The topological polar surface area (TPSA) is 49.3 Å². The van der Waals surface area contributed by atoms with Gasteiger partial charge in [0.2, 0.25) is 0 Å². The molecule has 2 unspecified atom stereocenters. The van der Waals surface area contributed by atoms with Crippen molar-refractivity contribution in [3.8, 4) is 0 Å². The van der Waals surface area contributed by atoms with E-state index in [2.05, 4.69) is 5.32 Å². The van der Waals surface area contributed by atoms with Gasteiger partial charge in [-0.25, -0.2) is 0 Å². The summed E-state index contributed by atoms with van der Waals surface area (Å²) in [5, 5.41) is 11.9. The quantitative estimate of drug-likeness (QED) is 0.555. The maximum absolute atomic E-state index is 10.7. The first-order chi connectivity index (χ1) is 4.57. The summed E-state index contributed by atoms with van der Waals surface area (Å²) in [6.45, 7) is 5.18. The van der Waals surface area contributed by atoms with Gasteiger partial charge < -0.3 is 10.4 Å².